The first kappa shape index (κ1) is 13.1. The smallest absolute Gasteiger partial charge is 0.0662 e. The molecule has 0 heterocycles. The second-order valence-corrected chi connectivity index (χ2v) is 4.76. The van der Waals surface area contributed by atoms with Crippen LogP contribution in [0.4, 0.5) is 0 Å². The van der Waals surface area contributed by atoms with Crippen LogP contribution < -0.4 is 5.32 Å². The molecule has 0 radical (unpaired) electrons. The van der Waals surface area contributed by atoms with E-state index in [1.807, 2.05) is 6.92 Å². The fourth-order valence-corrected chi connectivity index (χ4v) is 2.20. The molecule has 2 heteroatoms. The van der Waals surface area contributed by atoms with Crippen LogP contribution in [0, 0.1) is 0 Å². The number of rotatable bonds is 5. The van der Waals surface area contributed by atoms with E-state index in [4.69, 9.17) is 0 Å². The first-order chi connectivity index (χ1) is 8.72. The molecule has 0 aromatic heterocycles. The Balaban J connectivity index is 2.19. The summed E-state index contributed by atoms with van der Waals surface area (Å²) in [4.78, 5) is 0. The molecule has 0 spiro atoms. The van der Waals surface area contributed by atoms with Gasteiger partial charge in [0.25, 0.3) is 0 Å². The predicted molar refractivity (Wildman–Crippen MR) is 76.7 cm³/mol. The maximum atomic E-state index is 9.60. The van der Waals surface area contributed by atoms with Crippen LogP contribution in [0.2, 0.25) is 0 Å². The van der Waals surface area contributed by atoms with E-state index in [-0.39, 0.29) is 12.1 Å². The van der Waals surface area contributed by atoms with Crippen LogP contribution in [0.3, 0.4) is 0 Å². The number of fused-ring (bicyclic) bond motifs is 1. The minimum atomic E-state index is -0.262. The number of nitrogens with one attached hydrogen (secondary N) is 1. The van der Waals surface area contributed by atoms with Crippen molar-refractivity contribution in [3.05, 3.63) is 48.0 Å². The lowest BCUT2D eigenvalue weighted by molar-refractivity contribution is 0.164. The van der Waals surface area contributed by atoms with E-state index in [1.54, 1.807) is 0 Å². The fourth-order valence-electron chi connectivity index (χ4n) is 2.20. The Morgan fingerprint density at radius 2 is 1.83 bits per heavy atom. The molecule has 0 bridgehead atoms. The lowest BCUT2D eigenvalue weighted by atomic mass is 9.99. The molecule has 18 heavy (non-hydrogen) atoms. The molecule has 2 aromatic rings. The van der Waals surface area contributed by atoms with Crippen molar-refractivity contribution in [3.8, 4) is 0 Å². The lowest BCUT2D eigenvalue weighted by Crippen LogP contribution is -2.28. The largest absolute Gasteiger partial charge is 0.392 e. The molecule has 2 aromatic carbocycles. The molecule has 2 rings (SSSR count). The highest BCUT2D eigenvalue weighted by molar-refractivity contribution is 5.86. The van der Waals surface area contributed by atoms with Gasteiger partial charge in [-0.05, 0) is 29.7 Å². The van der Waals surface area contributed by atoms with Crippen LogP contribution in [0.15, 0.2) is 42.5 Å². The Bertz CT molecular complexity index is 504. The Morgan fingerprint density at radius 3 is 2.61 bits per heavy atom. The van der Waals surface area contributed by atoms with Gasteiger partial charge in [0.2, 0.25) is 0 Å². The summed E-state index contributed by atoms with van der Waals surface area (Å²) < 4.78 is 0. The maximum absolute atomic E-state index is 9.60. The highest BCUT2D eigenvalue weighted by Gasteiger charge is 2.09. The van der Waals surface area contributed by atoms with Crippen molar-refractivity contribution in [1.29, 1.82) is 0 Å². The molecular formula is C16H21NO. The Kier molecular flexibility index (Phi) is 4.34. The molecule has 1 unspecified atom stereocenters. The Labute approximate surface area is 109 Å². The molecule has 0 saturated heterocycles. The zero-order valence-corrected chi connectivity index (χ0v) is 11.1. The number of benzene rings is 2. The zero-order chi connectivity index (χ0) is 13.0. The molecule has 2 atom stereocenters. The molecule has 2 nitrogen and oxygen atoms in total. The molecule has 0 aliphatic rings. The number of aliphatic hydroxyl groups excluding tert-OH is 1. The minimum absolute atomic E-state index is 0.247. The van der Waals surface area contributed by atoms with E-state index in [0.29, 0.717) is 6.54 Å². The molecule has 0 amide bonds. The highest BCUT2D eigenvalue weighted by Crippen LogP contribution is 2.23. The van der Waals surface area contributed by atoms with Crippen LogP contribution in [0.1, 0.15) is 31.9 Å². The van der Waals surface area contributed by atoms with Gasteiger partial charge >= 0.3 is 0 Å². The van der Waals surface area contributed by atoms with Gasteiger partial charge in [-0.15, -0.1) is 0 Å². The van der Waals surface area contributed by atoms with Crippen LogP contribution in [-0.4, -0.2) is 17.8 Å². The maximum Gasteiger partial charge on any atom is 0.0662 e. The van der Waals surface area contributed by atoms with E-state index in [2.05, 4.69) is 54.7 Å². The van der Waals surface area contributed by atoms with Gasteiger partial charge in [-0.25, -0.2) is 0 Å². The van der Waals surface area contributed by atoms with Gasteiger partial charge in [0.1, 0.15) is 0 Å². The summed E-state index contributed by atoms with van der Waals surface area (Å²) in [6, 6.07) is 15.0. The topological polar surface area (TPSA) is 32.3 Å². The van der Waals surface area contributed by atoms with Crippen molar-refractivity contribution in [1.82, 2.24) is 5.32 Å². The van der Waals surface area contributed by atoms with Crippen molar-refractivity contribution in [2.75, 3.05) is 6.54 Å². The zero-order valence-electron chi connectivity index (χ0n) is 11.1. The summed E-state index contributed by atoms with van der Waals surface area (Å²) in [6.45, 7) is 4.78. The molecule has 0 saturated carbocycles. The second-order valence-electron chi connectivity index (χ2n) is 4.76. The quantitative estimate of drug-likeness (QED) is 0.844. The molecule has 96 valence electrons. The van der Waals surface area contributed by atoms with E-state index in [1.165, 1.54) is 16.3 Å². The summed E-state index contributed by atoms with van der Waals surface area (Å²) in [5.74, 6) is 0. The van der Waals surface area contributed by atoms with E-state index < -0.39 is 0 Å². The Morgan fingerprint density at radius 1 is 1.11 bits per heavy atom. The average Bonchev–Trinajstić information content (AvgIpc) is 2.43. The summed E-state index contributed by atoms with van der Waals surface area (Å²) >= 11 is 0. The molecule has 0 aliphatic heterocycles. The van der Waals surface area contributed by atoms with Gasteiger partial charge in [-0.1, -0.05) is 49.4 Å². The number of aliphatic hydroxyl groups is 1. The first-order valence-corrected chi connectivity index (χ1v) is 6.61. The summed E-state index contributed by atoms with van der Waals surface area (Å²) in [5, 5.41) is 15.5. The molecular weight excluding hydrogens is 222 g/mol. The van der Waals surface area contributed by atoms with E-state index in [9.17, 15) is 5.11 Å². The van der Waals surface area contributed by atoms with Crippen molar-refractivity contribution >= 4 is 10.8 Å². The van der Waals surface area contributed by atoms with E-state index in [0.717, 1.165) is 6.42 Å². The van der Waals surface area contributed by atoms with Crippen LogP contribution in [-0.2, 0) is 0 Å². The lowest BCUT2D eigenvalue weighted by Gasteiger charge is -2.18. The van der Waals surface area contributed by atoms with Crippen LogP contribution >= 0.6 is 0 Å². The summed E-state index contributed by atoms with van der Waals surface area (Å²) in [5.41, 5.74) is 1.29. The van der Waals surface area contributed by atoms with E-state index >= 15 is 0 Å². The van der Waals surface area contributed by atoms with Crippen molar-refractivity contribution in [2.24, 2.45) is 0 Å². The third-order valence-electron chi connectivity index (χ3n) is 3.42. The van der Waals surface area contributed by atoms with Crippen molar-refractivity contribution < 1.29 is 5.11 Å². The third kappa shape index (κ3) is 2.89. The van der Waals surface area contributed by atoms with Crippen LogP contribution in [0.5, 0.6) is 0 Å². The molecule has 2 N–H and O–H groups in total. The standard InChI is InChI=1S/C16H21NO/c1-3-14(18)11-17-12(2)15-10-6-8-13-7-4-5-9-16(13)15/h4-10,12,14,17-18H,3,11H2,1-2H3/t12?,14-/m1/s1. The van der Waals surface area contributed by atoms with Gasteiger partial charge in [0, 0.05) is 12.6 Å². The molecule has 0 aliphatic carbocycles. The number of hydrogen-bond acceptors (Lipinski definition) is 2. The molecule has 0 fully saturated rings. The summed E-state index contributed by atoms with van der Waals surface area (Å²) in [7, 11) is 0. The summed E-state index contributed by atoms with van der Waals surface area (Å²) in [6.07, 6.45) is 0.525. The fraction of sp³-hybridized carbons (Fsp3) is 0.375. The SMILES string of the molecule is CC[C@@H](O)CNC(C)c1cccc2ccccc12. The van der Waals surface area contributed by atoms with Crippen LogP contribution in [0.25, 0.3) is 10.8 Å². The normalized spacial score (nSPS) is 14.6. The second kappa shape index (κ2) is 5.98. The average molecular weight is 243 g/mol. The van der Waals surface area contributed by atoms with Crippen molar-refractivity contribution in [2.45, 2.75) is 32.4 Å². The predicted octanol–water partition coefficient (Wildman–Crippen LogP) is 3.26. The monoisotopic (exact) mass is 243 g/mol. The third-order valence-corrected chi connectivity index (χ3v) is 3.42. The van der Waals surface area contributed by atoms with Crippen molar-refractivity contribution in [3.63, 3.8) is 0 Å². The van der Waals surface area contributed by atoms with Gasteiger partial charge < -0.3 is 10.4 Å². The van der Waals surface area contributed by atoms with Gasteiger partial charge in [0.15, 0.2) is 0 Å². The highest BCUT2D eigenvalue weighted by atomic mass is 16.3. The first-order valence-electron chi connectivity index (χ1n) is 6.61. The van der Waals surface area contributed by atoms with Gasteiger partial charge in [-0.3, -0.25) is 0 Å². The minimum Gasteiger partial charge on any atom is -0.392 e. The van der Waals surface area contributed by atoms with Gasteiger partial charge in [-0.2, -0.15) is 0 Å². The van der Waals surface area contributed by atoms with Gasteiger partial charge in [0.05, 0.1) is 6.10 Å². The Hall–Kier alpha value is -1.38. The number of hydrogen-bond donors (Lipinski definition) is 2.